The molecule has 100 valence electrons. The van der Waals surface area contributed by atoms with E-state index in [1.54, 1.807) is 0 Å². The zero-order valence-electron chi connectivity index (χ0n) is 10.8. The molecule has 3 nitrogen and oxygen atoms in total. The normalized spacial score (nSPS) is 21.9. The molecular formula is C15H17ClN2O. The lowest BCUT2D eigenvalue weighted by Crippen LogP contribution is -2.46. The first-order valence-corrected chi connectivity index (χ1v) is 7.20. The molecule has 0 atom stereocenters. The summed E-state index contributed by atoms with van der Waals surface area (Å²) in [4.78, 5) is 12.2. The van der Waals surface area contributed by atoms with Crippen LogP contribution in [-0.2, 0) is 4.79 Å². The average Bonchev–Trinajstić information content (AvgIpc) is 2.44. The average molecular weight is 277 g/mol. The topological polar surface area (TPSA) is 41.5 Å². The van der Waals surface area contributed by atoms with Crippen LogP contribution in [0.4, 0.5) is 0 Å². The number of hydrogen-bond acceptors (Lipinski definition) is 2. The van der Waals surface area contributed by atoms with E-state index >= 15 is 0 Å². The Morgan fingerprint density at radius 2 is 1.79 bits per heavy atom. The summed E-state index contributed by atoms with van der Waals surface area (Å²) in [6.45, 7) is 0. The molecule has 1 spiro atoms. The van der Waals surface area contributed by atoms with Gasteiger partial charge in [0.25, 0.3) is 0 Å². The van der Waals surface area contributed by atoms with Gasteiger partial charge in [-0.1, -0.05) is 43.0 Å². The lowest BCUT2D eigenvalue weighted by atomic mass is 9.69. The molecule has 1 aliphatic heterocycles. The van der Waals surface area contributed by atoms with E-state index in [0.29, 0.717) is 0 Å². The lowest BCUT2D eigenvalue weighted by molar-refractivity contribution is -0.133. The van der Waals surface area contributed by atoms with Gasteiger partial charge in [0, 0.05) is 11.4 Å². The zero-order chi connectivity index (χ0) is 13.3. The summed E-state index contributed by atoms with van der Waals surface area (Å²) < 4.78 is 0. The number of carbonyl (C=O) groups excluding carboxylic acids is 1. The number of nitrogens with zero attached hydrogens (tertiary/aromatic N) is 1. The molecule has 1 aromatic carbocycles. The van der Waals surface area contributed by atoms with Crippen molar-refractivity contribution in [2.45, 2.75) is 38.5 Å². The molecule has 1 aromatic rings. The van der Waals surface area contributed by atoms with Gasteiger partial charge in [-0.3, -0.25) is 4.79 Å². The Kier molecular flexibility index (Phi) is 3.31. The Morgan fingerprint density at radius 3 is 2.47 bits per heavy atom. The summed E-state index contributed by atoms with van der Waals surface area (Å²) in [7, 11) is 0. The number of benzene rings is 1. The van der Waals surface area contributed by atoms with Gasteiger partial charge in [0.05, 0.1) is 11.1 Å². The third-order valence-corrected chi connectivity index (χ3v) is 4.52. The van der Waals surface area contributed by atoms with E-state index in [1.807, 2.05) is 24.3 Å². The molecule has 19 heavy (non-hydrogen) atoms. The van der Waals surface area contributed by atoms with Gasteiger partial charge >= 0.3 is 0 Å². The summed E-state index contributed by atoms with van der Waals surface area (Å²) in [6, 6.07) is 7.66. The van der Waals surface area contributed by atoms with Crippen LogP contribution in [0.2, 0.25) is 5.02 Å². The Bertz CT molecular complexity index is 515. The molecule has 0 saturated heterocycles. The van der Waals surface area contributed by atoms with Gasteiger partial charge in [-0.05, 0) is 30.5 Å². The second-order valence-electron chi connectivity index (χ2n) is 5.52. The maximum atomic E-state index is 12.2. The maximum Gasteiger partial charge on any atom is 0.246 e. The number of hydrogen-bond donors (Lipinski definition) is 1. The van der Waals surface area contributed by atoms with E-state index in [0.717, 1.165) is 48.4 Å². The van der Waals surface area contributed by atoms with Gasteiger partial charge in [0.1, 0.15) is 0 Å². The Morgan fingerprint density at radius 1 is 1.11 bits per heavy atom. The Labute approximate surface area is 118 Å². The smallest absolute Gasteiger partial charge is 0.246 e. The molecule has 3 rings (SSSR count). The molecule has 0 bridgehead atoms. The fourth-order valence-corrected chi connectivity index (χ4v) is 3.24. The number of carbonyl (C=O) groups is 1. The van der Waals surface area contributed by atoms with Gasteiger partial charge in [0.15, 0.2) is 0 Å². The van der Waals surface area contributed by atoms with Crippen molar-refractivity contribution in [3.8, 4) is 0 Å². The number of halogens is 1. The van der Waals surface area contributed by atoms with Crippen LogP contribution in [0.15, 0.2) is 29.4 Å². The number of amides is 1. The first kappa shape index (κ1) is 12.7. The molecule has 0 unspecified atom stereocenters. The fourth-order valence-electron chi connectivity index (χ4n) is 3.12. The van der Waals surface area contributed by atoms with E-state index < -0.39 is 0 Å². The van der Waals surface area contributed by atoms with E-state index in [1.165, 1.54) is 6.42 Å². The van der Waals surface area contributed by atoms with Crippen molar-refractivity contribution >= 4 is 23.2 Å². The Hall–Kier alpha value is -1.35. The largest absolute Gasteiger partial charge is 0.273 e. The molecular weight excluding hydrogens is 260 g/mol. The van der Waals surface area contributed by atoms with Crippen molar-refractivity contribution in [2.24, 2.45) is 10.5 Å². The van der Waals surface area contributed by atoms with Gasteiger partial charge in [-0.25, -0.2) is 5.43 Å². The highest BCUT2D eigenvalue weighted by atomic mass is 35.5. The van der Waals surface area contributed by atoms with Crippen LogP contribution in [0.3, 0.4) is 0 Å². The van der Waals surface area contributed by atoms with Crippen molar-refractivity contribution in [1.29, 1.82) is 0 Å². The van der Waals surface area contributed by atoms with Crippen LogP contribution in [-0.4, -0.2) is 11.6 Å². The fraction of sp³-hybridized carbons (Fsp3) is 0.467. The third kappa shape index (κ3) is 2.39. The SMILES string of the molecule is O=C1NN=C(c2ccc(Cl)cc2)CC12CCCCC2. The summed E-state index contributed by atoms with van der Waals surface area (Å²) in [5.41, 5.74) is 4.52. The standard InChI is InChI=1S/C15H17ClN2O/c16-12-6-4-11(5-7-12)13-10-15(14(19)18-17-13)8-2-1-3-9-15/h4-7H,1-3,8-10H2,(H,18,19). The molecule has 1 aliphatic carbocycles. The number of nitrogens with one attached hydrogen (secondary N) is 1. The molecule has 1 saturated carbocycles. The van der Waals surface area contributed by atoms with Crippen molar-refractivity contribution in [3.63, 3.8) is 0 Å². The maximum absolute atomic E-state index is 12.2. The zero-order valence-corrected chi connectivity index (χ0v) is 11.5. The summed E-state index contributed by atoms with van der Waals surface area (Å²) in [6.07, 6.45) is 6.22. The van der Waals surface area contributed by atoms with Gasteiger partial charge in [-0.15, -0.1) is 0 Å². The summed E-state index contributed by atoms with van der Waals surface area (Å²) in [5.74, 6) is 0.102. The highest BCUT2D eigenvalue weighted by molar-refractivity contribution is 6.30. The van der Waals surface area contributed by atoms with Crippen LogP contribution in [0.25, 0.3) is 0 Å². The molecule has 1 N–H and O–H groups in total. The molecule has 1 amide bonds. The minimum Gasteiger partial charge on any atom is -0.273 e. The third-order valence-electron chi connectivity index (χ3n) is 4.27. The van der Waals surface area contributed by atoms with E-state index in [-0.39, 0.29) is 11.3 Å². The van der Waals surface area contributed by atoms with Gasteiger partial charge in [-0.2, -0.15) is 5.10 Å². The monoisotopic (exact) mass is 276 g/mol. The van der Waals surface area contributed by atoms with Gasteiger partial charge < -0.3 is 0 Å². The van der Waals surface area contributed by atoms with E-state index in [4.69, 9.17) is 11.6 Å². The second-order valence-corrected chi connectivity index (χ2v) is 5.96. The molecule has 0 radical (unpaired) electrons. The molecule has 0 aromatic heterocycles. The predicted molar refractivity (Wildman–Crippen MR) is 76.3 cm³/mol. The van der Waals surface area contributed by atoms with Gasteiger partial charge in [0.2, 0.25) is 5.91 Å². The molecule has 1 fully saturated rings. The lowest BCUT2D eigenvalue weighted by Gasteiger charge is -2.38. The van der Waals surface area contributed by atoms with Crippen LogP contribution < -0.4 is 5.43 Å². The predicted octanol–water partition coefficient (Wildman–Crippen LogP) is 3.51. The summed E-state index contributed by atoms with van der Waals surface area (Å²) in [5, 5.41) is 4.95. The highest BCUT2D eigenvalue weighted by Crippen LogP contribution is 2.42. The van der Waals surface area contributed by atoms with E-state index in [9.17, 15) is 4.79 Å². The summed E-state index contributed by atoms with van der Waals surface area (Å²) >= 11 is 5.91. The number of hydrazone groups is 1. The van der Waals surface area contributed by atoms with Crippen molar-refractivity contribution in [2.75, 3.05) is 0 Å². The quantitative estimate of drug-likeness (QED) is 0.838. The molecule has 2 aliphatic rings. The first-order chi connectivity index (χ1) is 9.20. The van der Waals surface area contributed by atoms with Crippen LogP contribution in [0, 0.1) is 5.41 Å². The number of rotatable bonds is 1. The second kappa shape index (κ2) is 4.97. The van der Waals surface area contributed by atoms with Crippen LogP contribution in [0.1, 0.15) is 44.1 Å². The van der Waals surface area contributed by atoms with Crippen molar-refractivity contribution in [3.05, 3.63) is 34.9 Å². The molecule has 1 heterocycles. The van der Waals surface area contributed by atoms with E-state index in [2.05, 4.69) is 10.5 Å². The van der Waals surface area contributed by atoms with Crippen LogP contribution in [0.5, 0.6) is 0 Å². The highest BCUT2D eigenvalue weighted by Gasteiger charge is 2.42. The first-order valence-electron chi connectivity index (χ1n) is 6.83. The van der Waals surface area contributed by atoms with Crippen molar-refractivity contribution in [1.82, 2.24) is 5.43 Å². The minimum absolute atomic E-state index is 0.102. The molecule has 4 heteroatoms. The van der Waals surface area contributed by atoms with Crippen molar-refractivity contribution < 1.29 is 4.79 Å². The minimum atomic E-state index is -0.227. The Balaban J connectivity index is 1.88. The van der Waals surface area contributed by atoms with Crippen LogP contribution >= 0.6 is 11.6 Å².